The van der Waals surface area contributed by atoms with Crippen molar-refractivity contribution in [1.82, 2.24) is 4.98 Å². The molecule has 1 aromatic carbocycles. The van der Waals surface area contributed by atoms with E-state index in [0.717, 1.165) is 10.2 Å². The largest absolute Gasteiger partial charge is 0.506 e. The number of pyridine rings is 1. The molecule has 0 aliphatic rings. The lowest BCUT2D eigenvalue weighted by Crippen LogP contribution is -1.85. The highest BCUT2D eigenvalue weighted by Crippen LogP contribution is 2.24. The number of benzene rings is 1. The van der Waals surface area contributed by atoms with E-state index in [1.54, 1.807) is 30.6 Å². The van der Waals surface area contributed by atoms with Gasteiger partial charge in [0.1, 0.15) is 11.4 Å². The number of phenols is 1. The van der Waals surface area contributed by atoms with E-state index in [4.69, 9.17) is 0 Å². The van der Waals surface area contributed by atoms with Gasteiger partial charge >= 0.3 is 0 Å². The molecule has 0 amide bonds. The van der Waals surface area contributed by atoms with Crippen molar-refractivity contribution in [1.29, 1.82) is 0 Å². The fourth-order valence-corrected chi connectivity index (χ4v) is 1.41. The number of para-hydroxylation sites is 2. The number of phenolic OH excluding ortho intramolecular Hbond substituents is 1. The van der Waals surface area contributed by atoms with Gasteiger partial charge in [-0.15, -0.1) is 0 Å². The summed E-state index contributed by atoms with van der Waals surface area (Å²) in [5.74, 6) is 0.163. The van der Waals surface area contributed by atoms with E-state index in [-0.39, 0.29) is 5.75 Å². The monoisotopic (exact) mass is 276 g/mol. The number of aliphatic imine (C=N–C) groups is 1. The molecule has 0 unspecified atom stereocenters. The van der Waals surface area contributed by atoms with E-state index in [1.807, 2.05) is 18.2 Å². The number of hydrogen-bond acceptors (Lipinski definition) is 3. The number of rotatable bonds is 2. The Morgan fingerprint density at radius 2 is 2.00 bits per heavy atom. The Morgan fingerprint density at radius 1 is 1.19 bits per heavy atom. The topological polar surface area (TPSA) is 45.5 Å². The standard InChI is InChI=1S/C12H9BrN2O/c13-9-5-6-10(14-7-9)8-15-11-3-1-2-4-12(11)16/h1-8,16H. The molecule has 0 spiro atoms. The zero-order valence-corrected chi connectivity index (χ0v) is 9.92. The third-order valence-electron chi connectivity index (χ3n) is 1.97. The molecule has 0 atom stereocenters. The van der Waals surface area contributed by atoms with E-state index in [1.165, 1.54) is 0 Å². The van der Waals surface area contributed by atoms with E-state index >= 15 is 0 Å². The first-order valence-electron chi connectivity index (χ1n) is 4.69. The van der Waals surface area contributed by atoms with Crippen LogP contribution in [0.4, 0.5) is 5.69 Å². The Kier molecular flexibility index (Phi) is 3.31. The van der Waals surface area contributed by atoms with Crippen molar-refractivity contribution < 1.29 is 5.11 Å². The van der Waals surface area contributed by atoms with Gasteiger partial charge in [0, 0.05) is 10.7 Å². The molecule has 0 aliphatic carbocycles. The van der Waals surface area contributed by atoms with Crippen molar-refractivity contribution in [3.8, 4) is 5.75 Å². The second-order valence-electron chi connectivity index (χ2n) is 3.15. The number of halogens is 1. The van der Waals surface area contributed by atoms with Crippen LogP contribution in [0.15, 0.2) is 52.1 Å². The van der Waals surface area contributed by atoms with Gasteiger partial charge in [-0.05, 0) is 40.2 Å². The molecule has 1 heterocycles. The SMILES string of the molecule is Oc1ccccc1N=Cc1ccc(Br)cn1. The van der Waals surface area contributed by atoms with Crippen LogP contribution in [0, 0.1) is 0 Å². The predicted octanol–water partition coefficient (Wildman–Crippen LogP) is 3.30. The van der Waals surface area contributed by atoms with Gasteiger partial charge < -0.3 is 5.11 Å². The Hall–Kier alpha value is -1.68. The van der Waals surface area contributed by atoms with Gasteiger partial charge in [0.15, 0.2) is 0 Å². The normalized spacial score (nSPS) is 10.8. The van der Waals surface area contributed by atoms with Crippen molar-refractivity contribution in [2.75, 3.05) is 0 Å². The van der Waals surface area contributed by atoms with E-state index in [0.29, 0.717) is 5.69 Å². The minimum absolute atomic E-state index is 0.163. The third kappa shape index (κ3) is 2.67. The third-order valence-corrected chi connectivity index (χ3v) is 2.44. The predicted molar refractivity (Wildman–Crippen MR) is 67.3 cm³/mol. The summed E-state index contributed by atoms with van der Waals surface area (Å²) in [7, 11) is 0. The summed E-state index contributed by atoms with van der Waals surface area (Å²) in [6.07, 6.45) is 3.31. The second kappa shape index (κ2) is 4.90. The molecule has 2 aromatic rings. The molecule has 16 heavy (non-hydrogen) atoms. The fourth-order valence-electron chi connectivity index (χ4n) is 1.17. The molecule has 0 radical (unpaired) electrons. The quantitative estimate of drug-likeness (QED) is 0.856. The van der Waals surface area contributed by atoms with Crippen molar-refractivity contribution in [2.24, 2.45) is 4.99 Å². The van der Waals surface area contributed by atoms with Crippen LogP contribution in [0.3, 0.4) is 0 Å². The van der Waals surface area contributed by atoms with Gasteiger partial charge in [-0.3, -0.25) is 9.98 Å². The van der Waals surface area contributed by atoms with Crippen molar-refractivity contribution in [3.63, 3.8) is 0 Å². The first-order valence-corrected chi connectivity index (χ1v) is 5.48. The highest BCUT2D eigenvalue weighted by molar-refractivity contribution is 9.10. The van der Waals surface area contributed by atoms with Gasteiger partial charge in [0.2, 0.25) is 0 Å². The molecule has 4 heteroatoms. The van der Waals surface area contributed by atoms with Crippen LogP contribution in [0.25, 0.3) is 0 Å². The molecule has 1 N–H and O–H groups in total. The van der Waals surface area contributed by atoms with Gasteiger partial charge in [0.05, 0.1) is 11.9 Å². The van der Waals surface area contributed by atoms with Crippen molar-refractivity contribution >= 4 is 27.8 Å². The summed E-state index contributed by atoms with van der Waals surface area (Å²) < 4.78 is 0.923. The van der Waals surface area contributed by atoms with Gasteiger partial charge in [-0.1, -0.05) is 12.1 Å². The van der Waals surface area contributed by atoms with Crippen molar-refractivity contribution in [2.45, 2.75) is 0 Å². The Bertz CT molecular complexity index is 509. The van der Waals surface area contributed by atoms with Crippen LogP contribution in [0.5, 0.6) is 5.75 Å². The van der Waals surface area contributed by atoms with Crippen LogP contribution < -0.4 is 0 Å². The van der Waals surface area contributed by atoms with Gasteiger partial charge in [0.25, 0.3) is 0 Å². The van der Waals surface area contributed by atoms with Crippen molar-refractivity contribution in [3.05, 3.63) is 52.8 Å². The summed E-state index contributed by atoms with van der Waals surface area (Å²) in [5.41, 5.74) is 1.28. The van der Waals surface area contributed by atoms with Crippen LogP contribution in [-0.4, -0.2) is 16.3 Å². The van der Waals surface area contributed by atoms with Crippen LogP contribution in [-0.2, 0) is 0 Å². The van der Waals surface area contributed by atoms with Gasteiger partial charge in [-0.2, -0.15) is 0 Å². The first-order chi connectivity index (χ1) is 7.75. The maximum Gasteiger partial charge on any atom is 0.141 e. The zero-order chi connectivity index (χ0) is 11.4. The molecular formula is C12H9BrN2O. The number of aromatic hydroxyl groups is 1. The highest BCUT2D eigenvalue weighted by Gasteiger charge is 1.95. The minimum atomic E-state index is 0.163. The summed E-state index contributed by atoms with van der Waals surface area (Å²) in [6.45, 7) is 0. The molecular weight excluding hydrogens is 268 g/mol. The smallest absolute Gasteiger partial charge is 0.141 e. The molecule has 0 saturated heterocycles. The Morgan fingerprint density at radius 3 is 2.69 bits per heavy atom. The lowest BCUT2D eigenvalue weighted by molar-refractivity contribution is 0.477. The summed E-state index contributed by atoms with van der Waals surface area (Å²) in [4.78, 5) is 8.30. The number of nitrogens with zero attached hydrogens (tertiary/aromatic N) is 2. The molecule has 3 nitrogen and oxygen atoms in total. The highest BCUT2D eigenvalue weighted by atomic mass is 79.9. The average Bonchev–Trinajstić information content (AvgIpc) is 2.30. The lowest BCUT2D eigenvalue weighted by atomic mass is 10.3. The number of hydrogen-bond donors (Lipinski definition) is 1. The minimum Gasteiger partial charge on any atom is -0.506 e. The number of aromatic nitrogens is 1. The van der Waals surface area contributed by atoms with Crippen LogP contribution in [0.2, 0.25) is 0 Å². The summed E-state index contributed by atoms with van der Waals surface area (Å²) >= 11 is 3.31. The Labute approximate surface area is 102 Å². The maximum atomic E-state index is 9.49. The summed E-state index contributed by atoms with van der Waals surface area (Å²) in [6, 6.07) is 10.6. The molecule has 80 valence electrons. The van der Waals surface area contributed by atoms with Crippen LogP contribution in [0.1, 0.15) is 5.69 Å². The summed E-state index contributed by atoms with van der Waals surface area (Å²) in [5, 5.41) is 9.49. The molecule has 2 rings (SSSR count). The lowest BCUT2D eigenvalue weighted by Gasteiger charge is -1.96. The van der Waals surface area contributed by atoms with E-state index in [2.05, 4.69) is 25.9 Å². The van der Waals surface area contributed by atoms with Crippen LogP contribution >= 0.6 is 15.9 Å². The molecule has 0 aliphatic heterocycles. The average molecular weight is 277 g/mol. The fraction of sp³-hybridized carbons (Fsp3) is 0. The van der Waals surface area contributed by atoms with E-state index in [9.17, 15) is 5.11 Å². The molecule has 0 bridgehead atoms. The molecule has 0 saturated carbocycles. The molecule has 0 fully saturated rings. The maximum absolute atomic E-state index is 9.49. The zero-order valence-electron chi connectivity index (χ0n) is 8.34. The first kappa shape index (κ1) is 10.8. The second-order valence-corrected chi connectivity index (χ2v) is 4.06. The molecule has 1 aromatic heterocycles. The van der Waals surface area contributed by atoms with E-state index < -0.39 is 0 Å². The van der Waals surface area contributed by atoms with Gasteiger partial charge in [-0.25, -0.2) is 0 Å². The Balaban J connectivity index is 2.21.